The first-order chi connectivity index (χ1) is 16.2. The molecule has 1 aromatic carbocycles. The molecule has 1 N–H and O–H groups in total. The van der Waals surface area contributed by atoms with Crippen LogP contribution in [0.5, 0.6) is 0 Å². The van der Waals surface area contributed by atoms with Gasteiger partial charge in [-0.05, 0) is 36.2 Å². The number of hydrogen-bond acceptors (Lipinski definition) is 7. The highest BCUT2D eigenvalue weighted by Crippen LogP contribution is 2.25. The molecule has 0 radical (unpaired) electrons. The number of rotatable bonds is 6. The normalized spacial score (nSPS) is 14.2. The average molecular weight is 440 g/mol. The van der Waals surface area contributed by atoms with Crippen LogP contribution in [0.25, 0.3) is 22.5 Å². The van der Waals surface area contributed by atoms with Crippen LogP contribution in [-0.4, -0.2) is 52.1 Å². The number of fused-ring (bicyclic) bond motifs is 1. The second-order valence-corrected chi connectivity index (χ2v) is 7.91. The van der Waals surface area contributed by atoms with E-state index in [1.54, 1.807) is 18.6 Å². The van der Waals surface area contributed by atoms with Crippen LogP contribution in [0.2, 0.25) is 0 Å². The number of ether oxygens (including phenoxy) is 1. The van der Waals surface area contributed by atoms with E-state index in [4.69, 9.17) is 14.8 Å². The lowest BCUT2D eigenvalue weighted by molar-refractivity contribution is 0.122. The van der Waals surface area contributed by atoms with E-state index < -0.39 is 0 Å². The number of anilines is 2. The van der Waals surface area contributed by atoms with E-state index in [9.17, 15) is 0 Å². The van der Waals surface area contributed by atoms with Crippen LogP contribution in [0, 0.1) is 0 Å². The number of pyridine rings is 1. The Morgan fingerprint density at radius 1 is 1.12 bits per heavy atom. The minimum atomic E-state index is 0.650. The van der Waals surface area contributed by atoms with Crippen LogP contribution in [-0.2, 0) is 4.74 Å². The van der Waals surface area contributed by atoms with Gasteiger partial charge >= 0.3 is 0 Å². The van der Waals surface area contributed by atoms with Gasteiger partial charge in [-0.25, -0.2) is 4.98 Å². The summed E-state index contributed by atoms with van der Waals surface area (Å²) in [5.41, 5.74) is 8.77. The molecule has 8 heteroatoms. The number of hydrogen-bond donors (Lipinski definition) is 1. The van der Waals surface area contributed by atoms with E-state index >= 15 is 0 Å². The summed E-state index contributed by atoms with van der Waals surface area (Å²) < 4.78 is 7.42. The maximum Gasteiger partial charge on any atom is 0.160 e. The van der Waals surface area contributed by atoms with Gasteiger partial charge in [-0.2, -0.15) is 14.7 Å². The largest absolute Gasteiger partial charge is 0.378 e. The third kappa shape index (κ3) is 4.61. The number of benzene rings is 1. The summed E-state index contributed by atoms with van der Waals surface area (Å²) in [5.74, 6) is 1.60. The number of allylic oxidation sites excluding steroid dienone is 1. The van der Waals surface area contributed by atoms with Crippen LogP contribution in [0.3, 0.4) is 0 Å². The molecule has 1 aliphatic heterocycles. The lowest BCUT2D eigenvalue weighted by Crippen LogP contribution is -2.37. The van der Waals surface area contributed by atoms with Gasteiger partial charge in [-0.1, -0.05) is 30.4 Å². The highest BCUT2D eigenvalue weighted by atomic mass is 16.5. The summed E-state index contributed by atoms with van der Waals surface area (Å²) in [6.45, 7) is 8.95. The first-order valence-electron chi connectivity index (χ1n) is 10.9. The van der Waals surface area contributed by atoms with Gasteiger partial charge in [0.25, 0.3) is 0 Å². The lowest BCUT2D eigenvalue weighted by Gasteiger charge is -2.29. The molecule has 8 nitrogen and oxygen atoms in total. The summed E-state index contributed by atoms with van der Waals surface area (Å²) in [7, 11) is 0. The molecule has 0 bridgehead atoms. The average Bonchev–Trinajstić information content (AvgIpc) is 3.29. The van der Waals surface area contributed by atoms with Crippen LogP contribution in [0.1, 0.15) is 18.1 Å². The molecule has 166 valence electrons. The lowest BCUT2D eigenvalue weighted by atomic mass is 10.1. The van der Waals surface area contributed by atoms with Crippen molar-refractivity contribution in [1.29, 1.82) is 0 Å². The fourth-order valence-electron chi connectivity index (χ4n) is 3.75. The molecular formula is C25H25N7O. The molecule has 0 saturated carbocycles. The molecule has 0 aliphatic carbocycles. The maximum atomic E-state index is 5.54. The molecular weight excluding hydrogens is 414 g/mol. The molecule has 4 aromatic rings. The fraction of sp³-hybridized carbons (Fsp3) is 0.200. The predicted octanol–water partition coefficient (Wildman–Crippen LogP) is 4.11. The van der Waals surface area contributed by atoms with Crippen molar-refractivity contribution < 1.29 is 4.74 Å². The van der Waals surface area contributed by atoms with Crippen LogP contribution in [0.15, 0.2) is 72.6 Å². The maximum absolute atomic E-state index is 5.54. The Balaban J connectivity index is 1.48. The van der Waals surface area contributed by atoms with Crippen molar-refractivity contribution in [3.63, 3.8) is 0 Å². The second kappa shape index (κ2) is 9.22. The van der Waals surface area contributed by atoms with Crippen molar-refractivity contribution in [3.8, 4) is 11.3 Å². The molecule has 3 aromatic heterocycles. The third-order valence-electron chi connectivity index (χ3n) is 5.49. The standard InChI is InChI=1S/C25H25N7O/c1-18(2)21-5-3-4-19(14-21)17-27-29-23-16-25(31-10-12-33-13-11-31)32-24(28-23)15-22(30-32)20-6-8-26-9-7-20/h3-9,14-17H,1,10-13H2,2H3,(H,28,29)/b27-17+. The topological polar surface area (TPSA) is 79.9 Å². The second-order valence-electron chi connectivity index (χ2n) is 7.91. The zero-order chi connectivity index (χ0) is 22.6. The Kier molecular flexibility index (Phi) is 5.82. The molecule has 0 unspecified atom stereocenters. The van der Waals surface area contributed by atoms with Crippen molar-refractivity contribution >= 4 is 29.1 Å². The Bertz CT molecular complexity index is 1310. The van der Waals surface area contributed by atoms with Gasteiger partial charge in [0.2, 0.25) is 0 Å². The molecule has 1 saturated heterocycles. The van der Waals surface area contributed by atoms with E-state index in [1.807, 2.05) is 53.9 Å². The van der Waals surface area contributed by atoms with E-state index in [0.29, 0.717) is 19.0 Å². The van der Waals surface area contributed by atoms with Crippen molar-refractivity contribution in [2.45, 2.75) is 6.92 Å². The molecule has 33 heavy (non-hydrogen) atoms. The monoisotopic (exact) mass is 439 g/mol. The minimum Gasteiger partial charge on any atom is -0.378 e. The van der Waals surface area contributed by atoms with E-state index in [1.165, 1.54) is 0 Å². The Labute approximate surface area is 192 Å². The molecule has 4 heterocycles. The van der Waals surface area contributed by atoms with E-state index in [-0.39, 0.29) is 0 Å². The van der Waals surface area contributed by atoms with Crippen LogP contribution >= 0.6 is 0 Å². The van der Waals surface area contributed by atoms with Crippen molar-refractivity contribution in [2.24, 2.45) is 5.10 Å². The van der Waals surface area contributed by atoms with Crippen molar-refractivity contribution in [3.05, 3.63) is 78.6 Å². The summed E-state index contributed by atoms with van der Waals surface area (Å²) in [4.78, 5) is 11.1. The van der Waals surface area contributed by atoms with E-state index in [2.05, 4.69) is 33.1 Å². The molecule has 0 atom stereocenters. The zero-order valence-corrected chi connectivity index (χ0v) is 18.5. The van der Waals surface area contributed by atoms with Gasteiger partial charge in [0.15, 0.2) is 11.5 Å². The molecule has 5 rings (SSSR count). The molecule has 1 aliphatic rings. The molecule has 0 amide bonds. The van der Waals surface area contributed by atoms with Gasteiger partial charge in [-0.3, -0.25) is 10.4 Å². The minimum absolute atomic E-state index is 0.650. The number of aromatic nitrogens is 4. The quantitative estimate of drug-likeness (QED) is 0.360. The summed E-state index contributed by atoms with van der Waals surface area (Å²) in [6.07, 6.45) is 5.31. The third-order valence-corrected chi connectivity index (χ3v) is 5.49. The number of nitrogens with one attached hydrogen (secondary N) is 1. The van der Waals surface area contributed by atoms with Crippen LogP contribution in [0.4, 0.5) is 11.6 Å². The number of nitrogens with zero attached hydrogens (tertiary/aromatic N) is 6. The number of hydrazone groups is 1. The first-order valence-corrected chi connectivity index (χ1v) is 10.9. The van der Waals surface area contributed by atoms with Gasteiger partial charge < -0.3 is 9.64 Å². The Morgan fingerprint density at radius 2 is 1.94 bits per heavy atom. The molecule has 0 spiro atoms. The van der Waals surface area contributed by atoms with Gasteiger partial charge in [-0.15, -0.1) is 0 Å². The summed E-state index contributed by atoms with van der Waals surface area (Å²) in [5, 5.41) is 9.24. The van der Waals surface area contributed by atoms with Crippen LogP contribution < -0.4 is 10.3 Å². The zero-order valence-electron chi connectivity index (χ0n) is 18.5. The summed E-state index contributed by atoms with van der Waals surface area (Å²) in [6, 6.07) is 15.9. The molecule has 1 fully saturated rings. The Hall–Kier alpha value is -4.04. The highest BCUT2D eigenvalue weighted by Gasteiger charge is 2.18. The Morgan fingerprint density at radius 3 is 2.73 bits per heavy atom. The predicted molar refractivity (Wildman–Crippen MR) is 132 cm³/mol. The van der Waals surface area contributed by atoms with Gasteiger partial charge in [0.05, 0.1) is 25.1 Å². The van der Waals surface area contributed by atoms with Gasteiger partial charge in [0.1, 0.15) is 5.82 Å². The first kappa shape index (κ1) is 20.8. The SMILES string of the molecule is C=C(C)c1cccc(/C=N/Nc2cc(N3CCOCC3)n3nc(-c4ccncc4)cc3n2)c1. The fourth-order valence-corrected chi connectivity index (χ4v) is 3.75. The summed E-state index contributed by atoms with van der Waals surface area (Å²) >= 11 is 0. The smallest absolute Gasteiger partial charge is 0.160 e. The highest BCUT2D eigenvalue weighted by molar-refractivity contribution is 5.82. The van der Waals surface area contributed by atoms with Crippen molar-refractivity contribution in [1.82, 2.24) is 19.6 Å². The van der Waals surface area contributed by atoms with Gasteiger partial charge in [0, 0.05) is 43.2 Å². The number of morpholine rings is 1. The van der Waals surface area contributed by atoms with E-state index in [0.717, 1.165) is 52.5 Å². The van der Waals surface area contributed by atoms with Crippen molar-refractivity contribution in [2.75, 3.05) is 36.6 Å².